The maximum absolute atomic E-state index is 12.7. The average molecular weight is 194 g/mol. The highest BCUT2D eigenvalue weighted by Crippen LogP contribution is 2.19. The zero-order valence-electron chi connectivity index (χ0n) is 7.57. The topological polar surface area (TPSA) is 70.0 Å². The van der Waals surface area contributed by atoms with E-state index in [2.05, 4.69) is 0 Å². The molecule has 3 nitrogen and oxygen atoms in total. The molecule has 3 N–H and O–H groups in total. The maximum Gasteiger partial charge on any atom is 0.124 e. The van der Waals surface area contributed by atoms with Gasteiger partial charge in [0.05, 0.1) is 11.6 Å². The van der Waals surface area contributed by atoms with E-state index in [1.54, 1.807) is 0 Å². The van der Waals surface area contributed by atoms with Crippen molar-refractivity contribution in [3.8, 4) is 6.07 Å². The first kappa shape index (κ1) is 10.6. The number of rotatable bonds is 3. The van der Waals surface area contributed by atoms with Crippen molar-refractivity contribution in [1.29, 1.82) is 5.26 Å². The number of nitriles is 1. The van der Waals surface area contributed by atoms with E-state index in [0.29, 0.717) is 12.0 Å². The van der Waals surface area contributed by atoms with Crippen molar-refractivity contribution in [2.75, 3.05) is 6.61 Å². The molecule has 0 aliphatic carbocycles. The van der Waals surface area contributed by atoms with Gasteiger partial charge in [-0.2, -0.15) is 5.26 Å². The zero-order valence-corrected chi connectivity index (χ0v) is 7.57. The first-order valence-corrected chi connectivity index (χ1v) is 4.25. The molecule has 0 bridgehead atoms. The number of nitrogens with two attached hydrogens (primary N) is 1. The molecule has 0 radical (unpaired) electrons. The Labute approximate surface area is 81.6 Å². The summed E-state index contributed by atoms with van der Waals surface area (Å²) < 4.78 is 12.7. The lowest BCUT2D eigenvalue weighted by Crippen LogP contribution is -2.13. The fraction of sp³-hybridized carbons (Fsp3) is 0.300. The van der Waals surface area contributed by atoms with E-state index in [-0.39, 0.29) is 12.2 Å². The quantitative estimate of drug-likeness (QED) is 0.756. The van der Waals surface area contributed by atoms with Crippen LogP contribution in [0.3, 0.4) is 0 Å². The second-order valence-electron chi connectivity index (χ2n) is 2.96. The van der Waals surface area contributed by atoms with Crippen LogP contribution in [0.1, 0.15) is 23.6 Å². The molecule has 0 aliphatic heterocycles. The molecule has 0 spiro atoms. The molecule has 0 fully saturated rings. The van der Waals surface area contributed by atoms with Gasteiger partial charge in [0.15, 0.2) is 0 Å². The first-order valence-electron chi connectivity index (χ1n) is 4.25. The van der Waals surface area contributed by atoms with E-state index >= 15 is 0 Å². The van der Waals surface area contributed by atoms with E-state index in [1.165, 1.54) is 12.1 Å². The highest BCUT2D eigenvalue weighted by atomic mass is 19.1. The van der Waals surface area contributed by atoms with Crippen molar-refractivity contribution >= 4 is 0 Å². The Morgan fingerprint density at radius 1 is 1.57 bits per heavy atom. The molecule has 0 saturated heterocycles. The molecule has 0 saturated carbocycles. The third-order valence-corrected chi connectivity index (χ3v) is 1.98. The van der Waals surface area contributed by atoms with E-state index in [1.807, 2.05) is 6.07 Å². The van der Waals surface area contributed by atoms with Gasteiger partial charge in [0.1, 0.15) is 5.82 Å². The molecule has 0 aliphatic rings. The van der Waals surface area contributed by atoms with Crippen LogP contribution in [0, 0.1) is 17.1 Å². The van der Waals surface area contributed by atoms with Crippen LogP contribution in [0.15, 0.2) is 18.2 Å². The molecule has 0 unspecified atom stereocenters. The van der Waals surface area contributed by atoms with Crippen molar-refractivity contribution in [2.45, 2.75) is 12.5 Å². The summed E-state index contributed by atoms with van der Waals surface area (Å²) in [5.74, 6) is -0.457. The van der Waals surface area contributed by atoms with Gasteiger partial charge in [-0.25, -0.2) is 4.39 Å². The van der Waals surface area contributed by atoms with Crippen molar-refractivity contribution in [3.63, 3.8) is 0 Å². The van der Waals surface area contributed by atoms with E-state index in [4.69, 9.17) is 16.1 Å². The highest BCUT2D eigenvalue weighted by Gasteiger charge is 2.10. The highest BCUT2D eigenvalue weighted by molar-refractivity contribution is 5.39. The van der Waals surface area contributed by atoms with Gasteiger partial charge < -0.3 is 10.8 Å². The molecule has 4 heteroatoms. The average Bonchev–Trinajstić information content (AvgIpc) is 2.17. The molecule has 1 rings (SSSR count). The summed E-state index contributed by atoms with van der Waals surface area (Å²) in [5.41, 5.74) is 6.50. The van der Waals surface area contributed by atoms with Gasteiger partial charge in [-0.3, -0.25) is 0 Å². The number of hydrogen-bond donors (Lipinski definition) is 2. The van der Waals surface area contributed by atoms with Crippen LogP contribution < -0.4 is 5.73 Å². The van der Waals surface area contributed by atoms with Gasteiger partial charge >= 0.3 is 0 Å². The van der Waals surface area contributed by atoms with Crippen molar-refractivity contribution in [2.24, 2.45) is 5.73 Å². The van der Waals surface area contributed by atoms with E-state index < -0.39 is 11.9 Å². The molecule has 1 atom stereocenters. The Morgan fingerprint density at radius 3 is 2.86 bits per heavy atom. The summed E-state index contributed by atoms with van der Waals surface area (Å²) in [6.45, 7) is -0.0522. The Hall–Kier alpha value is -1.44. The third-order valence-electron chi connectivity index (χ3n) is 1.98. The second kappa shape index (κ2) is 4.70. The number of halogens is 1. The van der Waals surface area contributed by atoms with Crippen LogP contribution in [0.25, 0.3) is 0 Å². The summed E-state index contributed by atoms with van der Waals surface area (Å²) in [6.07, 6.45) is 0.361. The van der Waals surface area contributed by atoms with Crippen molar-refractivity contribution in [1.82, 2.24) is 0 Å². The van der Waals surface area contributed by atoms with Gasteiger partial charge in [0.25, 0.3) is 0 Å². The molecular weight excluding hydrogens is 183 g/mol. The summed E-state index contributed by atoms with van der Waals surface area (Å²) in [4.78, 5) is 0. The Bertz CT molecular complexity index is 360. The normalized spacial score (nSPS) is 12.1. The zero-order chi connectivity index (χ0) is 10.6. The van der Waals surface area contributed by atoms with Crippen LogP contribution in [0.2, 0.25) is 0 Å². The van der Waals surface area contributed by atoms with Gasteiger partial charge in [-0.15, -0.1) is 0 Å². The van der Waals surface area contributed by atoms with E-state index in [9.17, 15) is 4.39 Å². The predicted molar refractivity (Wildman–Crippen MR) is 49.7 cm³/mol. The third kappa shape index (κ3) is 2.28. The van der Waals surface area contributed by atoms with Crippen LogP contribution in [-0.4, -0.2) is 11.7 Å². The SMILES string of the molecule is N#Cc1cc(F)ccc1[C@@H](N)CCO. The largest absolute Gasteiger partial charge is 0.396 e. The number of benzene rings is 1. The molecule has 0 heterocycles. The predicted octanol–water partition coefficient (Wildman–Crippen LogP) is 1.08. The van der Waals surface area contributed by atoms with Gasteiger partial charge in [-0.05, 0) is 24.1 Å². The van der Waals surface area contributed by atoms with Crippen LogP contribution in [0.5, 0.6) is 0 Å². The van der Waals surface area contributed by atoms with Crippen LogP contribution >= 0.6 is 0 Å². The minimum absolute atomic E-state index is 0.0522. The van der Waals surface area contributed by atoms with Crippen molar-refractivity contribution < 1.29 is 9.50 Å². The summed E-state index contributed by atoms with van der Waals surface area (Å²) in [7, 11) is 0. The first-order chi connectivity index (χ1) is 6.69. The van der Waals surface area contributed by atoms with Gasteiger partial charge in [0.2, 0.25) is 0 Å². The monoisotopic (exact) mass is 194 g/mol. The van der Waals surface area contributed by atoms with Gasteiger partial charge in [0, 0.05) is 12.6 Å². The maximum atomic E-state index is 12.7. The molecule has 0 aromatic heterocycles. The minimum Gasteiger partial charge on any atom is -0.396 e. The molecule has 1 aromatic carbocycles. The Balaban J connectivity index is 3.03. The molecular formula is C10H11FN2O. The Morgan fingerprint density at radius 2 is 2.29 bits per heavy atom. The molecule has 74 valence electrons. The number of aliphatic hydroxyl groups is 1. The lowest BCUT2D eigenvalue weighted by Gasteiger charge is -2.11. The minimum atomic E-state index is -0.457. The molecule has 14 heavy (non-hydrogen) atoms. The smallest absolute Gasteiger partial charge is 0.124 e. The van der Waals surface area contributed by atoms with Crippen LogP contribution in [0.4, 0.5) is 4.39 Å². The number of aliphatic hydroxyl groups excluding tert-OH is 1. The lowest BCUT2D eigenvalue weighted by molar-refractivity contribution is 0.276. The molecule has 1 aromatic rings. The Kier molecular flexibility index (Phi) is 3.57. The standard InChI is InChI=1S/C10H11FN2O/c11-8-1-2-9(7(5-8)6-12)10(13)3-4-14/h1-2,5,10,14H,3-4,13H2/t10-/m0/s1. The fourth-order valence-corrected chi connectivity index (χ4v) is 1.24. The second-order valence-corrected chi connectivity index (χ2v) is 2.96. The van der Waals surface area contributed by atoms with E-state index in [0.717, 1.165) is 6.07 Å². The summed E-state index contributed by atoms with van der Waals surface area (Å²) >= 11 is 0. The van der Waals surface area contributed by atoms with Gasteiger partial charge in [-0.1, -0.05) is 6.07 Å². The number of hydrogen-bond acceptors (Lipinski definition) is 3. The number of nitrogens with zero attached hydrogens (tertiary/aromatic N) is 1. The van der Waals surface area contributed by atoms with Crippen LogP contribution in [-0.2, 0) is 0 Å². The lowest BCUT2D eigenvalue weighted by atomic mass is 9.99. The fourth-order valence-electron chi connectivity index (χ4n) is 1.24. The summed E-state index contributed by atoms with van der Waals surface area (Å²) in [5, 5.41) is 17.4. The van der Waals surface area contributed by atoms with Crippen molar-refractivity contribution in [3.05, 3.63) is 35.1 Å². The molecule has 0 amide bonds. The summed E-state index contributed by atoms with van der Waals surface area (Å²) in [6, 6.07) is 5.34.